The standard InChI is InChI=1S/C20H24FN3O3S/c1-20(2,28(26,27)18-5-3-4-16(21)14-18)15-8-12-24(13-9-15)19(25)23-17-6-10-22-11-7-17/h3-7,10-11,14-15H,8-9,12-13H2,1-2H3,(H,22,23,25). The lowest BCUT2D eigenvalue weighted by atomic mass is 9.86. The molecule has 2 amide bonds. The maximum absolute atomic E-state index is 13.5. The van der Waals surface area contributed by atoms with Crippen LogP contribution in [0.4, 0.5) is 14.9 Å². The van der Waals surface area contributed by atoms with Gasteiger partial charge in [-0.2, -0.15) is 0 Å². The number of halogens is 1. The number of carbonyl (C=O) groups excluding carboxylic acids is 1. The Morgan fingerprint density at radius 3 is 2.43 bits per heavy atom. The molecule has 150 valence electrons. The van der Waals surface area contributed by atoms with Gasteiger partial charge in [0.05, 0.1) is 9.64 Å². The van der Waals surface area contributed by atoms with Crippen molar-refractivity contribution < 1.29 is 17.6 Å². The third-order valence-electron chi connectivity index (χ3n) is 5.50. The van der Waals surface area contributed by atoms with Crippen LogP contribution in [-0.2, 0) is 9.84 Å². The van der Waals surface area contributed by atoms with E-state index in [1.165, 1.54) is 18.2 Å². The number of rotatable bonds is 4. The molecular formula is C20H24FN3O3S. The minimum atomic E-state index is -3.71. The number of anilines is 1. The van der Waals surface area contributed by atoms with Crippen LogP contribution >= 0.6 is 0 Å². The maximum Gasteiger partial charge on any atom is 0.321 e. The summed E-state index contributed by atoms with van der Waals surface area (Å²) in [4.78, 5) is 18.0. The Morgan fingerprint density at radius 1 is 1.18 bits per heavy atom. The summed E-state index contributed by atoms with van der Waals surface area (Å²) >= 11 is 0. The molecule has 0 unspecified atom stereocenters. The van der Waals surface area contributed by atoms with Gasteiger partial charge in [0.25, 0.3) is 0 Å². The van der Waals surface area contributed by atoms with Crippen molar-refractivity contribution in [3.05, 3.63) is 54.6 Å². The molecule has 28 heavy (non-hydrogen) atoms. The summed E-state index contributed by atoms with van der Waals surface area (Å²) in [6.45, 7) is 4.29. The van der Waals surface area contributed by atoms with Crippen LogP contribution in [0.2, 0.25) is 0 Å². The molecule has 1 aromatic heterocycles. The summed E-state index contributed by atoms with van der Waals surface area (Å²) in [5, 5.41) is 2.81. The van der Waals surface area contributed by atoms with E-state index in [2.05, 4.69) is 10.3 Å². The van der Waals surface area contributed by atoms with Crippen LogP contribution in [0.3, 0.4) is 0 Å². The second-order valence-corrected chi connectivity index (χ2v) is 10.0. The van der Waals surface area contributed by atoms with Crippen LogP contribution in [0, 0.1) is 11.7 Å². The average Bonchev–Trinajstić information content (AvgIpc) is 2.68. The fourth-order valence-corrected chi connectivity index (χ4v) is 5.38. The van der Waals surface area contributed by atoms with Crippen LogP contribution in [0.5, 0.6) is 0 Å². The zero-order chi connectivity index (χ0) is 20.4. The molecule has 0 bridgehead atoms. The second kappa shape index (κ2) is 7.87. The number of likely N-dealkylation sites (tertiary alicyclic amines) is 1. The molecular weight excluding hydrogens is 381 g/mol. The monoisotopic (exact) mass is 405 g/mol. The highest BCUT2D eigenvalue weighted by molar-refractivity contribution is 7.92. The number of nitrogens with one attached hydrogen (secondary N) is 1. The van der Waals surface area contributed by atoms with E-state index in [1.807, 2.05) is 0 Å². The minimum Gasteiger partial charge on any atom is -0.325 e. The van der Waals surface area contributed by atoms with Gasteiger partial charge in [-0.05, 0) is 62.9 Å². The normalized spacial score (nSPS) is 16.0. The first kappa shape index (κ1) is 20.3. The molecule has 8 heteroatoms. The molecule has 0 radical (unpaired) electrons. The largest absolute Gasteiger partial charge is 0.325 e. The van der Waals surface area contributed by atoms with Gasteiger partial charge in [0.1, 0.15) is 5.82 Å². The SMILES string of the molecule is CC(C)(C1CCN(C(=O)Nc2ccncc2)CC1)S(=O)(=O)c1cccc(F)c1. The quantitative estimate of drug-likeness (QED) is 0.841. The summed E-state index contributed by atoms with van der Waals surface area (Å²) in [6.07, 6.45) is 4.32. The maximum atomic E-state index is 13.5. The fourth-order valence-electron chi connectivity index (χ4n) is 3.57. The van der Waals surface area contributed by atoms with Crippen molar-refractivity contribution in [2.45, 2.75) is 36.3 Å². The molecule has 3 rings (SSSR count). The molecule has 1 aliphatic heterocycles. The van der Waals surface area contributed by atoms with Crippen molar-refractivity contribution in [3.63, 3.8) is 0 Å². The first-order valence-electron chi connectivity index (χ1n) is 9.18. The summed E-state index contributed by atoms with van der Waals surface area (Å²) in [6, 6.07) is 8.33. The van der Waals surface area contributed by atoms with Gasteiger partial charge in [-0.3, -0.25) is 4.98 Å². The number of piperidine rings is 1. The summed E-state index contributed by atoms with van der Waals surface area (Å²) < 4.78 is 38.7. The number of nitrogens with zero attached hydrogens (tertiary/aromatic N) is 2. The Bertz CT molecular complexity index is 940. The van der Waals surface area contributed by atoms with Crippen molar-refractivity contribution in [3.8, 4) is 0 Å². The van der Waals surface area contributed by atoms with Gasteiger partial charge >= 0.3 is 6.03 Å². The molecule has 1 saturated heterocycles. The Balaban J connectivity index is 1.67. The van der Waals surface area contributed by atoms with E-state index in [-0.39, 0.29) is 16.8 Å². The number of urea groups is 1. The number of aromatic nitrogens is 1. The number of benzene rings is 1. The van der Waals surface area contributed by atoms with Crippen molar-refractivity contribution in [2.24, 2.45) is 5.92 Å². The van der Waals surface area contributed by atoms with Crippen LogP contribution in [-0.4, -0.2) is 42.2 Å². The molecule has 0 aliphatic carbocycles. The molecule has 6 nitrogen and oxygen atoms in total. The highest BCUT2D eigenvalue weighted by Gasteiger charge is 2.44. The lowest BCUT2D eigenvalue weighted by Gasteiger charge is -2.40. The highest BCUT2D eigenvalue weighted by Crippen LogP contribution is 2.38. The van der Waals surface area contributed by atoms with E-state index < -0.39 is 20.4 Å². The Kier molecular flexibility index (Phi) is 5.69. The Labute approximate surface area is 164 Å². The van der Waals surface area contributed by atoms with Crippen LogP contribution in [0.25, 0.3) is 0 Å². The average molecular weight is 405 g/mol. The first-order valence-corrected chi connectivity index (χ1v) is 10.7. The van der Waals surface area contributed by atoms with Crippen LogP contribution in [0.15, 0.2) is 53.7 Å². The predicted octanol–water partition coefficient (Wildman–Crippen LogP) is 3.72. The Morgan fingerprint density at radius 2 is 1.82 bits per heavy atom. The first-order chi connectivity index (χ1) is 13.2. The van der Waals surface area contributed by atoms with Gasteiger partial charge in [-0.15, -0.1) is 0 Å². The molecule has 0 saturated carbocycles. The topological polar surface area (TPSA) is 79.4 Å². The van der Waals surface area contributed by atoms with E-state index >= 15 is 0 Å². The molecule has 2 heterocycles. The fraction of sp³-hybridized carbons (Fsp3) is 0.400. The smallest absolute Gasteiger partial charge is 0.321 e. The zero-order valence-corrected chi connectivity index (χ0v) is 16.7. The minimum absolute atomic E-state index is 0.00430. The highest BCUT2D eigenvalue weighted by atomic mass is 32.2. The summed E-state index contributed by atoms with van der Waals surface area (Å²) in [7, 11) is -3.71. The third-order valence-corrected chi connectivity index (χ3v) is 8.09. The molecule has 1 aliphatic rings. The molecule has 1 aromatic carbocycles. The van der Waals surface area contributed by atoms with E-state index in [4.69, 9.17) is 0 Å². The van der Waals surface area contributed by atoms with E-state index in [0.717, 1.165) is 6.07 Å². The van der Waals surface area contributed by atoms with Gasteiger partial charge in [0, 0.05) is 31.2 Å². The second-order valence-electron chi connectivity index (χ2n) is 7.49. The lowest BCUT2D eigenvalue weighted by Crippen LogP contribution is -2.48. The van der Waals surface area contributed by atoms with E-state index in [0.29, 0.717) is 31.6 Å². The van der Waals surface area contributed by atoms with Crippen molar-refractivity contribution >= 4 is 21.6 Å². The van der Waals surface area contributed by atoms with Crippen molar-refractivity contribution in [1.82, 2.24) is 9.88 Å². The number of pyridine rings is 1. The molecule has 1 fully saturated rings. The van der Waals surface area contributed by atoms with E-state index in [1.54, 1.807) is 43.3 Å². The van der Waals surface area contributed by atoms with E-state index in [9.17, 15) is 17.6 Å². The lowest BCUT2D eigenvalue weighted by molar-refractivity contribution is 0.171. The van der Waals surface area contributed by atoms with Gasteiger partial charge < -0.3 is 10.2 Å². The van der Waals surface area contributed by atoms with Crippen LogP contribution < -0.4 is 5.32 Å². The molecule has 0 spiro atoms. The van der Waals surface area contributed by atoms with Crippen molar-refractivity contribution in [1.29, 1.82) is 0 Å². The number of hydrogen-bond acceptors (Lipinski definition) is 4. The number of sulfone groups is 1. The number of carbonyl (C=O) groups is 1. The third kappa shape index (κ3) is 4.01. The van der Waals surface area contributed by atoms with Gasteiger partial charge in [-0.25, -0.2) is 17.6 Å². The number of amides is 2. The van der Waals surface area contributed by atoms with Gasteiger partial charge in [-0.1, -0.05) is 6.07 Å². The summed E-state index contributed by atoms with van der Waals surface area (Å²) in [5.74, 6) is -0.704. The van der Waals surface area contributed by atoms with Crippen LogP contribution in [0.1, 0.15) is 26.7 Å². The predicted molar refractivity (Wildman–Crippen MR) is 105 cm³/mol. The Hall–Kier alpha value is -2.48. The van der Waals surface area contributed by atoms with Crippen molar-refractivity contribution in [2.75, 3.05) is 18.4 Å². The number of hydrogen-bond donors (Lipinski definition) is 1. The molecule has 0 atom stereocenters. The molecule has 1 N–H and O–H groups in total. The molecule has 2 aromatic rings. The van der Waals surface area contributed by atoms with Gasteiger partial charge in [0.15, 0.2) is 9.84 Å². The summed E-state index contributed by atoms with van der Waals surface area (Å²) in [5.41, 5.74) is 0.663. The van der Waals surface area contributed by atoms with Gasteiger partial charge in [0.2, 0.25) is 0 Å². The zero-order valence-electron chi connectivity index (χ0n) is 15.9.